The Morgan fingerprint density at radius 2 is 1.74 bits per heavy atom. The van der Waals surface area contributed by atoms with Gasteiger partial charge in [0.1, 0.15) is 16.5 Å². The first-order valence-corrected chi connectivity index (χ1v) is 12.5. The fraction of sp³-hybridized carbons (Fsp3) is 0.0833. The molecule has 0 saturated carbocycles. The van der Waals surface area contributed by atoms with Gasteiger partial charge in [0.25, 0.3) is 10.0 Å². The Balaban J connectivity index is 1.42. The molecule has 0 unspecified atom stereocenters. The van der Waals surface area contributed by atoms with Crippen molar-refractivity contribution in [3.63, 3.8) is 0 Å². The molecule has 5 rings (SSSR count). The Morgan fingerprint density at radius 3 is 2.53 bits per heavy atom. The monoisotopic (exact) mass is 496 g/mol. The molecule has 6 nitrogen and oxygen atoms in total. The predicted octanol–water partition coefficient (Wildman–Crippen LogP) is 4.22. The maximum absolute atomic E-state index is 14.0. The molecule has 2 aromatic heterocycles. The fourth-order valence-electron chi connectivity index (χ4n) is 3.69. The van der Waals surface area contributed by atoms with Crippen LogP contribution >= 0.6 is 11.3 Å². The van der Waals surface area contributed by atoms with E-state index in [0.717, 1.165) is 39.4 Å². The summed E-state index contributed by atoms with van der Waals surface area (Å²) in [6.45, 7) is 0.509. The van der Waals surface area contributed by atoms with Crippen molar-refractivity contribution in [1.82, 2.24) is 4.98 Å². The second-order valence-electron chi connectivity index (χ2n) is 7.62. The van der Waals surface area contributed by atoms with Gasteiger partial charge in [0, 0.05) is 34.1 Å². The van der Waals surface area contributed by atoms with Crippen molar-refractivity contribution in [3.8, 4) is 20.9 Å². The van der Waals surface area contributed by atoms with Gasteiger partial charge < -0.3 is 10.1 Å². The zero-order valence-corrected chi connectivity index (χ0v) is 19.1. The van der Waals surface area contributed by atoms with Gasteiger partial charge in [-0.3, -0.25) is 9.71 Å². The number of anilines is 1. The molecular formula is C24H16F2N3O3S2-. The number of aromatic nitrogens is 1. The number of rotatable bonds is 5. The highest BCUT2D eigenvalue weighted by Gasteiger charge is 2.20. The van der Waals surface area contributed by atoms with E-state index < -0.39 is 26.6 Å². The van der Waals surface area contributed by atoms with Crippen LogP contribution in [0.1, 0.15) is 11.1 Å². The van der Waals surface area contributed by atoms with Gasteiger partial charge in [0.15, 0.2) is 0 Å². The average Bonchev–Trinajstić information content (AvgIpc) is 3.29. The molecule has 0 fully saturated rings. The van der Waals surface area contributed by atoms with E-state index in [4.69, 9.17) is 0 Å². The highest BCUT2D eigenvalue weighted by Crippen LogP contribution is 2.36. The topological polar surface area (TPSA) is 94.5 Å². The summed E-state index contributed by atoms with van der Waals surface area (Å²) in [7, 11) is -4.28. The van der Waals surface area contributed by atoms with Gasteiger partial charge in [0.2, 0.25) is 0 Å². The number of benzene rings is 2. The van der Waals surface area contributed by atoms with Crippen molar-refractivity contribution in [2.75, 3.05) is 11.3 Å². The molecule has 0 aliphatic carbocycles. The van der Waals surface area contributed by atoms with Gasteiger partial charge in [-0.2, -0.15) is 0 Å². The van der Waals surface area contributed by atoms with Crippen LogP contribution in [-0.4, -0.2) is 25.8 Å². The number of fused-ring (bicyclic) bond motifs is 1. The Morgan fingerprint density at radius 1 is 0.941 bits per heavy atom. The minimum atomic E-state index is -4.28. The molecule has 0 atom stereocenters. The molecule has 0 spiro atoms. The highest BCUT2D eigenvalue weighted by atomic mass is 32.2. The van der Waals surface area contributed by atoms with E-state index in [1.54, 1.807) is 12.3 Å². The molecule has 172 valence electrons. The Hall–Kier alpha value is -3.63. The average molecular weight is 497 g/mol. The maximum Gasteiger partial charge on any atom is 0.264 e. The lowest BCUT2D eigenvalue weighted by molar-refractivity contribution is -0.213. The van der Waals surface area contributed by atoms with Crippen LogP contribution in [0.3, 0.4) is 0 Å². The number of pyridine rings is 1. The predicted molar refractivity (Wildman–Crippen MR) is 125 cm³/mol. The minimum absolute atomic E-state index is 0.136. The molecular weight excluding hydrogens is 480 g/mol. The Labute approximate surface area is 198 Å². The summed E-state index contributed by atoms with van der Waals surface area (Å²) >= 11 is 1.46. The molecule has 4 aromatic rings. The van der Waals surface area contributed by atoms with Crippen LogP contribution in [0.2, 0.25) is 0 Å². The van der Waals surface area contributed by atoms with E-state index in [-0.39, 0.29) is 11.6 Å². The van der Waals surface area contributed by atoms with Gasteiger partial charge >= 0.3 is 0 Å². The molecule has 1 N–H and O–H groups in total. The fourth-order valence-corrected chi connectivity index (χ4v) is 5.77. The lowest BCUT2D eigenvalue weighted by Crippen LogP contribution is -2.24. The number of nitrogens with one attached hydrogen (secondary N) is 1. The molecule has 1 aliphatic rings. The van der Waals surface area contributed by atoms with Crippen LogP contribution in [0.15, 0.2) is 76.9 Å². The van der Waals surface area contributed by atoms with Crippen molar-refractivity contribution in [1.29, 1.82) is 0 Å². The third kappa shape index (κ3) is 4.29. The van der Waals surface area contributed by atoms with Crippen molar-refractivity contribution < 1.29 is 22.3 Å². The molecule has 10 heteroatoms. The van der Waals surface area contributed by atoms with Crippen molar-refractivity contribution >= 4 is 32.9 Å². The minimum Gasteiger partial charge on any atom is -0.858 e. The number of sulfonamides is 1. The first-order valence-electron chi connectivity index (χ1n) is 10.2. The van der Waals surface area contributed by atoms with Crippen LogP contribution in [-0.2, 0) is 16.4 Å². The zero-order chi connectivity index (χ0) is 23.9. The maximum atomic E-state index is 14.0. The third-order valence-corrected chi connectivity index (χ3v) is 7.92. The van der Waals surface area contributed by atoms with Gasteiger partial charge in [-0.1, -0.05) is 12.1 Å². The first kappa shape index (κ1) is 22.2. The summed E-state index contributed by atoms with van der Waals surface area (Å²) < 4.78 is 54.6. The quantitative estimate of drug-likeness (QED) is 0.448. The smallest absolute Gasteiger partial charge is 0.264 e. The van der Waals surface area contributed by atoms with Crippen LogP contribution in [0.4, 0.5) is 14.5 Å². The van der Waals surface area contributed by atoms with Gasteiger partial charge in [-0.15, -0.1) is 11.3 Å². The molecule has 1 aliphatic heterocycles. The number of hydrogen-bond acceptors (Lipinski definition) is 6. The van der Waals surface area contributed by atoms with Crippen LogP contribution in [0.5, 0.6) is 0 Å². The van der Waals surface area contributed by atoms with Crippen LogP contribution in [0, 0.1) is 11.6 Å². The summed E-state index contributed by atoms with van der Waals surface area (Å²) in [4.78, 5) is 9.17. The zero-order valence-electron chi connectivity index (χ0n) is 17.5. The van der Waals surface area contributed by atoms with Gasteiger partial charge in [-0.05, 0) is 65.4 Å². The Bertz CT molecular complexity index is 1550. The third-order valence-electron chi connectivity index (χ3n) is 5.33. The first-order chi connectivity index (χ1) is 16.3. The SMILES string of the molecule is O=S(=O)(Nc1cncc(-c2ccc(-c3ccc4c(c3)C([O-])=NCC4)s2)c1)c1ccc(F)cc1F. The van der Waals surface area contributed by atoms with Gasteiger partial charge in [-0.25, -0.2) is 17.2 Å². The van der Waals surface area contributed by atoms with Crippen molar-refractivity contribution in [2.24, 2.45) is 4.99 Å². The summed E-state index contributed by atoms with van der Waals surface area (Å²) in [5.74, 6) is -2.26. The highest BCUT2D eigenvalue weighted by molar-refractivity contribution is 7.92. The van der Waals surface area contributed by atoms with E-state index in [1.165, 1.54) is 17.5 Å². The number of nitrogens with zero attached hydrogens (tertiary/aromatic N) is 2. The normalized spacial score (nSPS) is 13.3. The number of aliphatic imine (C=N–C) groups is 1. The van der Waals surface area contributed by atoms with E-state index >= 15 is 0 Å². The summed E-state index contributed by atoms with van der Waals surface area (Å²) in [6.07, 6.45) is 3.63. The Kier molecular flexibility index (Phi) is 5.62. The number of halogens is 2. The number of hydrogen-bond donors (Lipinski definition) is 1. The van der Waals surface area contributed by atoms with Gasteiger partial charge in [0.05, 0.1) is 11.9 Å². The molecule has 0 bridgehead atoms. The lowest BCUT2D eigenvalue weighted by Gasteiger charge is -2.20. The summed E-state index contributed by atoms with van der Waals surface area (Å²) in [5.41, 5.74) is 3.28. The second kappa shape index (κ2) is 8.62. The van der Waals surface area contributed by atoms with E-state index in [1.807, 2.05) is 30.3 Å². The molecule has 0 saturated heterocycles. The van der Waals surface area contributed by atoms with Crippen LogP contribution < -0.4 is 9.83 Å². The van der Waals surface area contributed by atoms with Crippen LogP contribution in [0.25, 0.3) is 20.9 Å². The van der Waals surface area contributed by atoms with Crippen molar-refractivity contribution in [3.05, 3.63) is 89.8 Å². The van der Waals surface area contributed by atoms with Crippen molar-refractivity contribution in [2.45, 2.75) is 11.3 Å². The number of thiophene rings is 1. The van der Waals surface area contributed by atoms with E-state index in [9.17, 15) is 22.3 Å². The standard InChI is InChI=1S/C24H17F2N3O3S2/c25-17-3-6-23(20(26)11-17)34(31,32)29-18-9-16(12-27-13-18)22-5-4-21(33-22)15-2-1-14-7-8-28-24(30)19(14)10-15/h1-6,9-13,29H,7-8H2,(H,28,30)/p-1. The van der Waals surface area contributed by atoms with E-state index in [2.05, 4.69) is 14.7 Å². The lowest BCUT2D eigenvalue weighted by atomic mass is 9.99. The second-order valence-corrected chi connectivity index (χ2v) is 10.3. The summed E-state index contributed by atoms with van der Waals surface area (Å²) in [5, 5.41) is 12.1. The molecule has 3 heterocycles. The molecule has 0 amide bonds. The molecule has 34 heavy (non-hydrogen) atoms. The summed E-state index contributed by atoms with van der Waals surface area (Å²) in [6, 6.07) is 13.4. The van der Waals surface area contributed by atoms with E-state index in [0.29, 0.717) is 23.7 Å². The molecule has 0 radical (unpaired) electrons. The molecule has 2 aromatic carbocycles. The largest absolute Gasteiger partial charge is 0.858 e.